The Balaban J connectivity index is 2.23. The van der Waals surface area contributed by atoms with E-state index in [0.717, 1.165) is 3.57 Å². The van der Waals surface area contributed by atoms with Crippen molar-refractivity contribution in [2.75, 3.05) is 5.32 Å². The smallest absolute Gasteiger partial charge is 0.269 e. The summed E-state index contributed by atoms with van der Waals surface area (Å²) in [6.07, 6.45) is 0. The van der Waals surface area contributed by atoms with Gasteiger partial charge in [-0.05, 0) is 59.3 Å². The molecule has 0 aromatic heterocycles. The fourth-order valence-corrected chi connectivity index (χ4v) is 2.25. The summed E-state index contributed by atoms with van der Waals surface area (Å²) in [5.41, 5.74) is 1.57. The molecule has 0 radical (unpaired) electrons. The number of benzene rings is 2. The first-order valence-corrected chi connectivity index (χ1v) is 7.35. The average Bonchev–Trinajstić information content (AvgIpc) is 2.43. The number of amides is 1. The van der Waals surface area contributed by atoms with Crippen LogP contribution in [0.4, 0.5) is 11.4 Å². The molecule has 7 heteroatoms. The van der Waals surface area contributed by atoms with Crippen molar-refractivity contribution in [3.63, 3.8) is 0 Å². The van der Waals surface area contributed by atoms with Gasteiger partial charge in [0.15, 0.2) is 0 Å². The van der Waals surface area contributed by atoms with E-state index in [0.29, 0.717) is 21.8 Å². The molecular formula is C14H10ClIN2O3. The first-order valence-electron chi connectivity index (χ1n) is 5.90. The lowest BCUT2D eigenvalue weighted by Crippen LogP contribution is -2.13. The molecule has 0 saturated heterocycles. The predicted octanol–water partition coefficient (Wildman–Crippen LogP) is 4.41. The van der Waals surface area contributed by atoms with Crippen LogP contribution in [0.5, 0.6) is 0 Å². The largest absolute Gasteiger partial charge is 0.322 e. The summed E-state index contributed by atoms with van der Waals surface area (Å²) in [5.74, 6) is -0.315. The number of aryl methyl sites for hydroxylation is 1. The van der Waals surface area contributed by atoms with Crippen LogP contribution in [-0.2, 0) is 0 Å². The monoisotopic (exact) mass is 416 g/mol. The van der Waals surface area contributed by atoms with Crippen molar-refractivity contribution in [1.82, 2.24) is 0 Å². The highest BCUT2D eigenvalue weighted by molar-refractivity contribution is 14.1. The van der Waals surface area contributed by atoms with Gasteiger partial charge in [0.25, 0.3) is 11.6 Å². The van der Waals surface area contributed by atoms with Crippen molar-refractivity contribution in [2.45, 2.75) is 6.92 Å². The Morgan fingerprint density at radius 3 is 2.57 bits per heavy atom. The van der Waals surface area contributed by atoms with Gasteiger partial charge < -0.3 is 5.32 Å². The van der Waals surface area contributed by atoms with E-state index in [1.165, 1.54) is 18.2 Å². The molecule has 0 atom stereocenters. The highest BCUT2D eigenvalue weighted by Gasteiger charge is 2.12. The zero-order chi connectivity index (χ0) is 15.6. The summed E-state index contributed by atoms with van der Waals surface area (Å²) in [6.45, 7) is 1.70. The molecule has 0 fully saturated rings. The molecule has 0 heterocycles. The van der Waals surface area contributed by atoms with E-state index in [-0.39, 0.29) is 11.6 Å². The number of nitro benzene ring substituents is 1. The summed E-state index contributed by atoms with van der Waals surface area (Å²) < 4.78 is 0.859. The summed E-state index contributed by atoms with van der Waals surface area (Å²) in [5, 5.41) is 13.9. The van der Waals surface area contributed by atoms with Crippen LogP contribution >= 0.6 is 34.2 Å². The SMILES string of the molecule is Cc1cc([N+](=O)[O-])ccc1NC(=O)c1ccc(I)c(Cl)c1. The third-order valence-corrected chi connectivity index (χ3v) is 4.42. The van der Waals surface area contributed by atoms with E-state index in [1.807, 2.05) is 0 Å². The predicted molar refractivity (Wildman–Crippen MR) is 90.0 cm³/mol. The molecule has 0 aliphatic rings. The van der Waals surface area contributed by atoms with E-state index in [1.54, 1.807) is 25.1 Å². The van der Waals surface area contributed by atoms with Gasteiger partial charge >= 0.3 is 0 Å². The quantitative estimate of drug-likeness (QED) is 0.457. The standard InChI is InChI=1S/C14H10ClIN2O3/c1-8-6-10(18(20)21)3-5-13(8)17-14(19)9-2-4-12(16)11(15)7-9/h2-7H,1H3,(H,17,19). The molecule has 2 aromatic carbocycles. The Morgan fingerprint density at radius 2 is 2.00 bits per heavy atom. The van der Waals surface area contributed by atoms with Crippen LogP contribution in [0.3, 0.4) is 0 Å². The lowest BCUT2D eigenvalue weighted by Gasteiger charge is -2.09. The molecule has 108 valence electrons. The van der Waals surface area contributed by atoms with E-state index in [9.17, 15) is 14.9 Å². The fourth-order valence-electron chi connectivity index (χ4n) is 1.73. The van der Waals surface area contributed by atoms with Crippen LogP contribution in [0.25, 0.3) is 0 Å². The second-order valence-electron chi connectivity index (χ2n) is 4.34. The normalized spacial score (nSPS) is 10.2. The molecule has 0 saturated carbocycles. The van der Waals surface area contributed by atoms with E-state index in [4.69, 9.17) is 11.6 Å². The number of non-ortho nitro benzene ring substituents is 1. The number of nitro groups is 1. The molecule has 5 nitrogen and oxygen atoms in total. The maximum atomic E-state index is 12.1. The molecule has 0 bridgehead atoms. The first-order chi connectivity index (χ1) is 9.88. The number of anilines is 1. The minimum Gasteiger partial charge on any atom is -0.322 e. The van der Waals surface area contributed by atoms with E-state index < -0.39 is 4.92 Å². The van der Waals surface area contributed by atoms with Gasteiger partial charge in [0.1, 0.15) is 0 Å². The van der Waals surface area contributed by atoms with E-state index in [2.05, 4.69) is 27.9 Å². The van der Waals surface area contributed by atoms with Crippen LogP contribution in [0.15, 0.2) is 36.4 Å². The van der Waals surface area contributed by atoms with Crippen LogP contribution in [0, 0.1) is 20.6 Å². The van der Waals surface area contributed by atoms with Gasteiger partial charge in [0, 0.05) is 27.0 Å². The van der Waals surface area contributed by atoms with Crippen molar-refractivity contribution in [1.29, 1.82) is 0 Å². The second-order valence-corrected chi connectivity index (χ2v) is 5.91. The summed E-state index contributed by atoms with van der Waals surface area (Å²) in [6, 6.07) is 9.28. The van der Waals surface area contributed by atoms with Gasteiger partial charge in [-0.2, -0.15) is 0 Å². The lowest BCUT2D eigenvalue weighted by molar-refractivity contribution is -0.384. The maximum Gasteiger partial charge on any atom is 0.269 e. The highest BCUT2D eigenvalue weighted by Crippen LogP contribution is 2.23. The fraction of sp³-hybridized carbons (Fsp3) is 0.0714. The molecule has 0 aliphatic heterocycles. The molecule has 0 unspecified atom stereocenters. The van der Waals surface area contributed by atoms with Gasteiger partial charge in [-0.3, -0.25) is 14.9 Å². The first kappa shape index (κ1) is 15.7. The number of nitrogens with zero attached hydrogens (tertiary/aromatic N) is 1. The van der Waals surface area contributed by atoms with Gasteiger partial charge in [-0.1, -0.05) is 11.6 Å². The van der Waals surface area contributed by atoms with Gasteiger partial charge in [-0.15, -0.1) is 0 Å². The zero-order valence-electron chi connectivity index (χ0n) is 10.9. The van der Waals surface area contributed by atoms with Crippen LogP contribution in [0.1, 0.15) is 15.9 Å². The lowest BCUT2D eigenvalue weighted by atomic mass is 10.1. The van der Waals surface area contributed by atoms with Crippen LogP contribution in [-0.4, -0.2) is 10.8 Å². The van der Waals surface area contributed by atoms with Gasteiger partial charge in [-0.25, -0.2) is 0 Å². The topological polar surface area (TPSA) is 72.2 Å². The number of hydrogen-bond donors (Lipinski definition) is 1. The van der Waals surface area contributed by atoms with Crippen molar-refractivity contribution in [3.05, 3.63) is 66.2 Å². The summed E-state index contributed by atoms with van der Waals surface area (Å²) in [4.78, 5) is 22.3. The summed E-state index contributed by atoms with van der Waals surface area (Å²) >= 11 is 8.06. The molecular weight excluding hydrogens is 407 g/mol. The minimum absolute atomic E-state index is 0.0113. The number of halogens is 2. The van der Waals surface area contributed by atoms with Gasteiger partial charge in [0.05, 0.1) is 9.95 Å². The van der Waals surface area contributed by atoms with E-state index >= 15 is 0 Å². The third kappa shape index (κ3) is 3.70. The molecule has 1 amide bonds. The van der Waals surface area contributed by atoms with Crippen molar-refractivity contribution >= 4 is 51.5 Å². The molecule has 2 rings (SSSR count). The molecule has 0 spiro atoms. The van der Waals surface area contributed by atoms with Crippen LogP contribution in [0.2, 0.25) is 5.02 Å². The van der Waals surface area contributed by atoms with Gasteiger partial charge in [0.2, 0.25) is 0 Å². The van der Waals surface area contributed by atoms with Crippen molar-refractivity contribution < 1.29 is 9.72 Å². The molecule has 21 heavy (non-hydrogen) atoms. The number of rotatable bonds is 3. The number of carbonyl (C=O) groups is 1. The molecule has 1 N–H and O–H groups in total. The maximum absolute atomic E-state index is 12.1. The Labute approximate surface area is 139 Å². The van der Waals surface area contributed by atoms with Crippen LogP contribution < -0.4 is 5.32 Å². The summed E-state index contributed by atoms with van der Waals surface area (Å²) in [7, 11) is 0. The highest BCUT2D eigenvalue weighted by atomic mass is 127. The minimum atomic E-state index is -0.475. The Bertz CT molecular complexity index is 734. The number of nitrogens with one attached hydrogen (secondary N) is 1. The molecule has 0 aliphatic carbocycles. The number of carbonyl (C=O) groups excluding carboxylic acids is 1. The molecule has 2 aromatic rings. The Kier molecular flexibility index (Phi) is 4.79. The average molecular weight is 417 g/mol. The van der Waals surface area contributed by atoms with Crippen molar-refractivity contribution in [2.24, 2.45) is 0 Å². The number of hydrogen-bond acceptors (Lipinski definition) is 3. The van der Waals surface area contributed by atoms with Crippen molar-refractivity contribution in [3.8, 4) is 0 Å². The third-order valence-electron chi connectivity index (χ3n) is 2.85. The Hall–Kier alpha value is -1.67. The zero-order valence-corrected chi connectivity index (χ0v) is 13.8. The second kappa shape index (κ2) is 6.40. The Morgan fingerprint density at radius 1 is 1.29 bits per heavy atom.